The molecule has 0 saturated heterocycles. The first-order valence-corrected chi connectivity index (χ1v) is 5.21. The molecule has 0 rings (SSSR count). The highest BCUT2D eigenvalue weighted by Crippen LogP contribution is 2.22. The van der Waals surface area contributed by atoms with E-state index in [1.54, 1.807) is 0 Å². The number of nitrogens with zero attached hydrogens (tertiary/aromatic N) is 1. The van der Waals surface area contributed by atoms with Crippen LogP contribution in [0.2, 0.25) is 0 Å². The normalized spacial score (nSPS) is 17.5. The molecule has 2 unspecified atom stereocenters. The Labute approximate surface area is 83.5 Å². The second-order valence-electron chi connectivity index (χ2n) is 5.29. The van der Waals surface area contributed by atoms with Crippen LogP contribution in [0, 0.1) is 5.41 Å². The van der Waals surface area contributed by atoms with Gasteiger partial charge in [0.1, 0.15) is 0 Å². The van der Waals surface area contributed by atoms with Gasteiger partial charge in [-0.2, -0.15) is 0 Å². The van der Waals surface area contributed by atoms with Crippen molar-refractivity contribution in [2.24, 2.45) is 11.1 Å². The van der Waals surface area contributed by atoms with Crippen molar-refractivity contribution in [3.63, 3.8) is 0 Å². The Hall–Kier alpha value is -0.0800. The van der Waals surface area contributed by atoms with Gasteiger partial charge >= 0.3 is 0 Å². The maximum atomic E-state index is 5.72. The van der Waals surface area contributed by atoms with Gasteiger partial charge < -0.3 is 10.6 Å². The van der Waals surface area contributed by atoms with Gasteiger partial charge in [-0.15, -0.1) is 0 Å². The lowest BCUT2D eigenvalue weighted by molar-refractivity contribution is 0.138. The second kappa shape index (κ2) is 4.97. The van der Waals surface area contributed by atoms with Crippen molar-refractivity contribution in [3.05, 3.63) is 0 Å². The first-order chi connectivity index (χ1) is 5.75. The Balaban J connectivity index is 3.90. The van der Waals surface area contributed by atoms with E-state index < -0.39 is 0 Å². The van der Waals surface area contributed by atoms with E-state index in [2.05, 4.69) is 46.6 Å². The van der Waals surface area contributed by atoms with Crippen LogP contribution in [0.15, 0.2) is 0 Å². The van der Waals surface area contributed by atoms with Gasteiger partial charge in [-0.25, -0.2) is 0 Å². The maximum Gasteiger partial charge on any atom is 0.0112 e. The van der Waals surface area contributed by atoms with Crippen LogP contribution in [0.5, 0.6) is 0 Å². The fourth-order valence-electron chi connectivity index (χ4n) is 1.26. The van der Waals surface area contributed by atoms with Crippen molar-refractivity contribution in [3.8, 4) is 0 Å². The third kappa shape index (κ3) is 5.27. The molecule has 0 saturated carbocycles. The molecular formula is C11H26N2. The Kier molecular flexibility index (Phi) is 4.93. The summed E-state index contributed by atoms with van der Waals surface area (Å²) in [4.78, 5) is 2.39. The van der Waals surface area contributed by atoms with Gasteiger partial charge in [0.2, 0.25) is 0 Å². The molecular weight excluding hydrogens is 160 g/mol. The van der Waals surface area contributed by atoms with Crippen LogP contribution in [0.3, 0.4) is 0 Å². The zero-order valence-electron chi connectivity index (χ0n) is 10.1. The second-order valence-corrected chi connectivity index (χ2v) is 5.29. The van der Waals surface area contributed by atoms with Crippen LogP contribution in [-0.2, 0) is 0 Å². The third-order valence-electron chi connectivity index (χ3n) is 2.85. The number of hydrogen-bond acceptors (Lipinski definition) is 2. The summed E-state index contributed by atoms with van der Waals surface area (Å²) in [7, 11) is 2.18. The molecule has 2 nitrogen and oxygen atoms in total. The molecule has 2 heteroatoms. The molecule has 2 N–H and O–H groups in total. The predicted molar refractivity (Wildman–Crippen MR) is 59.8 cm³/mol. The minimum atomic E-state index is 0.314. The fraction of sp³-hybridized carbons (Fsp3) is 1.00. The van der Waals surface area contributed by atoms with E-state index >= 15 is 0 Å². The van der Waals surface area contributed by atoms with Crippen LogP contribution >= 0.6 is 0 Å². The maximum absolute atomic E-state index is 5.72. The molecule has 0 spiro atoms. The van der Waals surface area contributed by atoms with Crippen molar-refractivity contribution >= 4 is 0 Å². The van der Waals surface area contributed by atoms with Gasteiger partial charge in [0.05, 0.1) is 0 Å². The lowest BCUT2D eigenvalue weighted by Crippen LogP contribution is -2.40. The SMILES string of the molecule is CC(N)CCN(C)C(C)C(C)(C)C. The minimum Gasteiger partial charge on any atom is -0.328 e. The van der Waals surface area contributed by atoms with Gasteiger partial charge in [0.25, 0.3) is 0 Å². The minimum absolute atomic E-state index is 0.314. The highest BCUT2D eigenvalue weighted by Gasteiger charge is 2.23. The Morgan fingerprint density at radius 2 is 1.69 bits per heavy atom. The largest absolute Gasteiger partial charge is 0.328 e. The van der Waals surface area contributed by atoms with Crippen LogP contribution in [0.1, 0.15) is 41.0 Å². The molecule has 0 heterocycles. The topological polar surface area (TPSA) is 29.3 Å². The van der Waals surface area contributed by atoms with E-state index in [1.807, 2.05) is 0 Å². The van der Waals surface area contributed by atoms with Crippen LogP contribution < -0.4 is 5.73 Å². The molecule has 2 atom stereocenters. The smallest absolute Gasteiger partial charge is 0.0112 e. The molecule has 0 aromatic carbocycles. The van der Waals surface area contributed by atoms with Crippen molar-refractivity contribution in [2.45, 2.75) is 53.1 Å². The van der Waals surface area contributed by atoms with Crippen molar-refractivity contribution in [1.82, 2.24) is 4.90 Å². The molecule has 0 fully saturated rings. The van der Waals surface area contributed by atoms with E-state index in [0.717, 1.165) is 13.0 Å². The lowest BCUT2D eigenvalue weighted by atomic mass is 9.87. The highest BCUT2D eigenvalue weighted by atomic mass is 15.1. The molecule has 0 aromatic rings. The van der Waals surface area contributed by atoms with E-state index in [4.69, 9.17) is 5.73 Å². The van der Waals surface area contributed by atoms with Gasteiger partial charge in [-0.05, 0) is 39.3 Å². The molecule has 0 radical (unpaired) electrons. The first-order valence-electron chi connectivity index (χ1n) is 5.21. The number of hydrogen-bond donors (Lipinski definition) is 1. The fourth-order valence-corrected chi connectivity index (χ4v) is 1.26. The summed E-state index contributed by atoms with van der Waals surface area (Å²) in [5.41, 5.74) is 6.08. The van der Waals surface area contributed by atoms with Gasteiger partial charge in [0.15, 0.2) is 0 Å². The van der Waals surface area contributed by atoms with Crippen molar-refractivity contribution in [1.29, 1.82) is 0 Å². The summed E-state index contributed by atoms with van der Waals surface area (Å²) in [5, 5.41) is 0. The van der Waals surface area contributed by atoms with Gasteiger partial charge in [-0.3, -0.25) is 0 Å². The molecule has 13 heavy (non-hydrogen) atoms. The Morgan fingerprint density at radius 1 is 1.23 bits per heavy atom. The molecule has 0 aromatic heterocycles. The summed E-state index contributed by atoms with van der Waals surface area (Å²) in [6.45, 7) is 12.3. The zero-order valence-corrected chi connectivity index (χ0v) is 10.1. The summed E-state index contributed by atoms with van der Waals surface area (Å²) in [5.74, 6) is 0. The number of nitrogens with two attached hydrogens (primary N) is 1. The van der Waals surface area contributed by atoms with E-state index in [0.29, 0.717) is 17.5 Å². The summed E-state index contributed by atoms with van der Waals surface area (Å²) in [6.07, 6.45) is 1.08. The predicted octanol–water partition coefficient (Wildman–Crippen LogP) is 2.09. The van der Waals surface area contributed by atoms with E-state index in [-0.39, 0.29) is 0 Å². The average Bonchev–Trinajstić information content (AvgIpc) is 1.96. The monoisotopic (exact) mass is 186 g/mol. The van der Waals surface area contributed by atoms with Crippen LogP contribution in [0.25, 0.3) is 0 Å². The van der Waals surface area contributed by atoms with Crippen molar-refractivity contribution in [2.75, 3.05) is 13.6 Å². The van der Waals surface area contributed by atoms with E-state index in [1.165, 1.54) is 0 Å². The molecule has 0 amide bonds. The standard InChI is InChI=1S/C11H26N2/c1-9(12)7-8-13(6)10(2)11(3,4)5/h9-10H,7-8,12H2,1-6H3. The summed E-state index contributed by atoms with van der Waals surface area (Å²) in [6, 6.07) is 0.917. The molecule has 0 aliphatic rings. The van der Waals surface area contributed by atoms with E-state index in [9.17, 15) is 0 Å². The summed E-state index contributed by atoms with van der Waals surface area (Å²) >= 11 is 0. The average molecular weight is 186 g/mol. The summed E-state index contributed by atoms with van der Waals surface area (Å²) < 4.78 is 0. The molecule has 80 valence electrons. The van der Waals surface area contributed by atoms with Gasteiger partial charge in [-0.1, -0.05) is 20.8 Å². The number of rotatable bonds is 4. The van der Waals surface area contributed by atoms with Crippen molar-refractivity contribution < 1.29 is 0 Å². The first kappa shape index (κ1) is 12.9. The molecule has 0 aliphatic carbocycles. The molecule has 0 bridgehead atoms. The third-order valence-corrected chi connectivity index (χ3v) is 2.85. The highest BCUT2D eigenvalue weighted by molar-refractivity contribution is 4.77. The lowest BCUT2D eigenvalue weighted by Gasteiger charge is -2.35. The molecule has 0 aliphatic heterocycles. The van der Waals surface area contributed by atoms with Crippen LogP contribution in [-0.4, -0.2) is 30.6 Å². The Morgan fingerprint density at radius 3 is 2.00 bits per heavy atom. The Bertz CT molecular complexity index is 136. The van der Waals surface area contributed by atoms with Crippen LogP contribution in [0.4, 0.5) is 0 Å². The quantitative estimate of drug-likeness (QED) is 0.728. The zero-order chi connectivity index (χ0) is 10.6. The van der Waals surface area contributed by atoms with Gasteiger partial charge in [0, 0.05) is 12.1 Å².